The molecule has 0 atom stereocenters. The van der Waals surface area contributed by atoms with Crippen LogP contribution in [0.15, 0.2) is 53.4 Å². The predicted octanol–water partition coefficient (Wildman–Crippen LogP) is 2.14. The lowest BCUT2D eigenvalue weighted by Crippen LogP contribution is -2.14. The van der Waals surface area contributed by atoms with Crippen molar-refractivity contribution >= 4 is 33.3 Å². The van der Waals surface area contributed by atoms with E-state index in [-0.39, 0.29) is 16.4 Å². The summed E-state index contributed by atoms with van der Waals surface area (Å²) >= 11 is 0. The molecule has 0 spiro atoms. The van der Waals surface area contributed by atoms with Gasteiger partial charge in [0.2, 0.25) is 5.91 Å². The first kappa shape index (κ1) is 16.5. The number of benzene rings is 2. The highest BCUT2D eigenvalue weighted by molar-refractivity contribution is 7.92. The summed E-state index contributed by atoms with van der Waals surface area (Å²) in [5.41, 5.74) is 0.710. The molecule has 0 saturated heterocycles. The van der Waals surface area contributed by atoms with Crippen molar-refractivity contribution < 1.29 is 23.1 Å². The van der Waals surface area contributed by atoms with Gasteiger partial charge in [0.05, 0.1) is 10.5 Å². The molecule has 0 aliphatic heterocycles. The molecule has 3 N–H and O–H groups in total. The van der Waals surface area contributed by atoms with Crippen molar-refractivity contribution in [1.82, 2.24) is 0 Å². The largest absolute Gasteiger partial charge is 0.478 e. The number of carbonyl (C=O) groups is 2. The minimum atomic E-state index is -3.91. The maximum atomic E-state index is 12.3. The second-order valence-corrected chi connectivity index (χ2v) is 6.38. The Labute approximate surface area is 133 Å². The third-order valence-corrected chi connectivity index (χ3v) is 4.23. The molecule has 0 fully saturated rings. The zero-order chi connectivity index (χ0) is 17.0. The number of nitrogens with one attached hydrogen (secondary N) is 2. The van der Waals surface area contributed by atoms with Gasteiger partial charge in [0.25, 0.3) is 10.0 Å². The van der Waals surface area contributed by atoms with Crippen molar-refractivity contribution in [2.45, 2.75) is 11.8 Å². The van der Waals surface area contributed by atoms with Crippen LogP contribution >= 0.6 is 0 Å². The van der Waals surface area contributed by atoms with E-state index in [2.05, 4.69) is 10.0 Å². The van der Waals surface area contributed by atoms with E-state index in [4.69, 9.17) is 5.11 Å². The van der Waals surface area contributed by atoms with Crippen molar-refractivity contribution in [3.8, 4) is 0 Å². The summed E-state index contributed by atoms with van der Waals surface area (Å²) in [5, 5.41) is 11.5. The van der Waals surface area contributed by atoms with Gasteiger partial charge in [-0.05, 0) is 42.5 Å². The van der Waals surface area contributed by atoms with Crippen molar-refractivity contribution in [3.63, 3.8) is 0 Å². The summed E-state index contributed by atoms with van der Waals surface area (Å²) in [6.07, 6.45) is 0. The maximum Gasteiger partial charge on any atom is 0.335 e. The van der Waals surface area contributed by atoms with Crippen LogP contribution in [0, 0.1) is 0 Å². The molecule has 0 heterocycles. The number of anilines is 2. The zero-order valence-electron chi connectivity index (χ0n) is 12.1. The summed E-state index contributed by atoms with van der Waals surface area (Å²) in [4.78, 5) is 21.7. The van der Waals surface area contributed by atoms with Crippen LogP contribution < -0.4 is 10.0 Å². The summed E-state index contributed by atoms with van der Waals surface area (Å²) in [5.74, 6) is -1.44. The first-order chi connectivity index (χ1) is 10.8. The zero-order valence-corrected chi connectivity index (χ0v) is 12.9. The van der Waals surface area contributed by atoms with Gasteiger partial charge in [-0.15, -0.1) is 0 Å². The monoisotopic (exact) mass is 334 g/mol. The number of rotatable bonds is 5. The maximum absolute atomic E-state index is 12.3. The Kier molecular flexibility index (Phi) is 4.65. The van der Waals surface area contributed by atoms with Gasteiger partial charge in [0.1, 0.15) is 0 Å². The first-order valence-electron chi connectivity index (χ1n) is 6.52. The van der Waals surface area contributed by atoms with Gasteiger partial charge < -0.3 is 10.4 Å². The normalized spacial score (nSPS) is 10.8. The second kappa shape index (κ2) is 6.49. The highest BCUT2D eigenvalue weighted by Gasteiger charge is 2.16. The highest BCUT2D eigenvalue weighted by atomic mass is 32.2. The summed E-state index contributed by atoms with van der Waals surface area (Å²) in [7, 11) is -3.91. The van der Waals surface area contributed by atoms with Crippen LogP contribution in [0.4, 0.5) is 11.4 Å². The van der Waals surface area contributed by atoms with Gasteiger partial charge in [0, 0.05) is 18.3 Å². The number of carboxylic acids is 1. The predicted molar refractivity (Wildman–Crippen MR) is 85.0 cm³/mol. The molecule has 2 aromatic carbocycles. The molecule has 0 saturated carbocycles. The van der Waals surface area contributed by atoms with E-state index in [1.807, 2.05) is 0 Å². The fourth-order valence-electron chi connectivity index (χ4n) is 1.84. The molecule has 120 valence electrons. The van der Waals surface area contributed by atoms with Crippen LogP contribution in [0.1, 0.15) is 17.3 Å². The standard InChI is InChI=1S/C15H14N2O5S/c1-10(18)16-12-5-7-13(8-6-12)17-23(21,22)14-4-2-3-11(9-14)15(19)20/h2-9,17H,1H3,(H,16,18)(H,19,20). The molecule has 1 amide bonds. The van der Waals surface area contributed by atoms with E-state index < -0.39 is 16.0 Å². The van der Waals surface area contributed by atoms with Crippen LogP contribution in [0.3, 0.4) is 0 Å². The fraction of sp³-hybridized carbons (Fsp3) is 0.0667. The molecule has 0 unspecified atom stereocenters. The molecule has 8 heteroatoms. The summed E-state index contributed by atoms with van der Waals surface area (Å²) < 4.78 is 26.9. The van der Waals surface area contributed by atoms with E-state index in [9.17, 15) is 18.0 Å². The smallest absolute Gasteiger partial charge is 0.335 e. The minimum Gasteiger partial charge on any atom is -0.478 e. The van der Waals surface area contributed by atoms with Gasteiger partial charge in [-0.1, -0.05) is 6.07 Å². The molecule has 2 aromatic rings. The molecular formula is C15H14N2O5S. The molecule has 7 nitrogen and oxygen atoms in total. The Morgan fingerprint density at radius 3 is 2.17 bits per heavy atom. The Hall–Kier alpha value is -2.87. The number of sulfonamides is 1. The molecule has 2 rings (SSSR count). The SMILES string of the molecule is CC(=O)Nc1ccc(NS(=O)(=O)c2cccc(C(=O)O)c2)cc1. The highest BCUT2D eigenvalue weighted by Crippen LogP contribution is 2.19. The number of aromatic carboxylic acids is 1. The number of carbonyl (C=O) groups excluding carboxylic acids is 1. The quantitative estimate of drug-likeness (QED) is 0.775. The number of carboxylic acid groups (broad SMARTS) is 1. The van der Waals surface area contributed by atoms with Crippen LogP contribution in [-0.2, 0) is 14.8 Å². The average Bonchev–Trinajstić information content (AvgIpc) is 2.48. The van der Waals surface area contributed by atoms with Crippen molar-refractivity contribution in [2.75, 3.05) is 10.0 Å². The van der Waals surface area contributed by atoms with Gasteiger partial charge in [-0.25, -0.2) is 13.2 Å². The van der Waals surface area contributed by atoms with E-state index in [0.29, 0.717) is 11.4 Å². The fourth-order valence-corrected chi connectivity index (χ4v) is 2.94. The first-order valence-corrected chi connectivity index (χ1v) is 8.00. The van der Waals surface area contributed by atoms with Crippen LogP contribution in [-0.4, -0.2) is 25.4 Å². The van der Waals surface area contributed by atoms with Gasteiger partial charge in [-0.2, -0.15) is 0 Å². The van der Waals surface area contributed by atoms with E-state index in [1.165, 1.54) is 37.3 Å². The van der Waals surface area contributed by atoms with Crippen LogP contribution in [0.25, 0.3) is 0 Å². The van der Waals surface area contributed by atoms with Crippen LogP contribution in [0.2, 0.25) is 0 Å². The van der Waals surface area contributed by atoms with E-state index in [1.54, 1.807) is 12.1 Å². The Morgan fingerprint density at radius 2 is 1.61 bits per heavy atom. The third kappa shape index (κ3) is 4.30. The molecule has 0 bridgehead atoms. The van der Waals surface area contributed by atoms with Gasteiger partial charge in [-0.3, -0.25) is 9.52 Å². The Balaban J connectivity index is 2.22. The lowest BCUT2D eigenvalue weighted by Gasteiger charge is -2.09. The van der Waals surface area contributed by atoms with Crippen molar-refractivity contribution in [3.05, 3.63) is 54.1 Å². The molecule has 0 aromatic heterocycles. The molecule has 0 aliphatic rings. The molecule has 0 aliphatic carbocycles. The minimum absolute atomic E-state index is 0.117. The van der Waals surface area contributed by atoms with Gasteiger partial charge in [0.15, 0.2) is 0 Å². The van der Waals surface area contributed by atoms with E-state index >= 15 is 0 Å². The molecule has 0 radical (unpaired) electrons. The van der Waals surface area contributed by atoms with Gasteiger partial charge >= 0.3 is 5.97 Å². The van der Waals surface area contributed by atoms with Crippen molar-refractivity contribution in [2.24, 2.45) is 0 Å². The lowest BCUT2D eigenvalue weighted by molar-refractivity contribution is -0.114. The lowest BCUT2D eigenvalue weighted by atomic mass is 10.2. The topological polar surface area (TPSA) is 113 Å². The molecule has 23 heavy (non-hydrogen) atoms. The Morgan fingerprint density at radius 1 is 1.00 bits per heavy atom. The number of amides is 1. The van der Waals surface area contributed by atoms with Crippen molar-refractivity contribution in [1.29, 1.82) is 0 Å². The molecular weight excluding hydrogens is 320 g/mol. The third-order valence-electron chi connectivity index (χ3n) is 2.85. The summed E-state index contributed by atoms with van der Waals surface area (Å²) in [6.45, 7) is 1.37. The number of hydrogen-bond acceptors (Lipinski definition) is 4. The van der Waals surface area contributed by atoms with Crippen LogP contribution in [0.5, 0.6) is 0 Å². The average molecular weight is 334 g/mol. The van der Waals surface area contributed by atoms with E-state index in [0.717, 1.165) is 6.07 Å². The second-order valence-electron chi connectivity index (χ2n) is 4.70. The summed E-state index contributed by atoms with van der Waals surface area (Å²) in [6, 6.07) is 11.1. The Bertz CT molecular complexity index is 844. The number of hydrogen-bond donors (Lipinski definition) is 3.